The molecule has 108 valence electrons. The number of ether oxygens (including phenoxy) is 2. The maximum absolute atomic E-state index is 10.7. The van der Waals surface area contributed by atoms with Crippen molar-refractivity contribution in [2.24, 2.45) is 4.99 Å². The van der Waals surface area contributed by atoms with E-state index in [1.54, 1.807) is 0 Å². The number of hydrogen-bond acceptors (Lipinski definition) is 7. The van der Waals surface area contributed by atoms with Gasteiger partial charge in [-0.25, -0.2) is 4.99 Å². The van der Waals surface area contributed by atoms with Gasteiger partial charge < -0.3 is 9.47 Å². The van der Waals surface area contributed by atoms with Gasteiger partial charge in [-0.3, -0.25) is 14.5 Å². The van der Waals surface area contributed by atoms with Crippen molar-refractivity contribution in [1.82, 2.24) is 4.90 Å². The number of thiocarbonyl (C=S) groups is 1. The van der Waals surface area contributed by atoms with Crippen LogP contribution in [0.25, 0.3) is 0 Å². The van der Waals surface area contributed by atoms with E-state index in [2.05, 4.69) is 22.4 Å². The van der Waals surface area contributed by atoms with E-state index in [4.69, 9.17) is 9.47 Å². The van der Waals surface area contributed by atoms with Crippen molar-refractivity contribution < 1.29 is 19.1 Å². The van der Waals surface area contributed by atoms with E-state index in [9.17, 15) is 9.59 Å². The minimum atomic E-state index is -0.301. The Kier molecular flexibility index (Phi) is 11.0. The largest absolute Gasteiger partial charge is 0.465 e. The number of nitrogens with zero attached hydrogens (tertiary/aromatic N) is 2. The summed E-state index contributed by atoms with van der Waals surface area (Å²) < 4.78 is 9.77. The van der Waals surface area contributed by atoms with Crippen LogP contribution in [0.4, 0.5) is 0 Å². The maximum atomic E-state index is 10.7. The van der Waals surface area contributed by atoms with Gasteiger partial charge in [-0.1, -0.05) is 0 Å². The molecule has 0 aromatic carbocycles. The van der Waals surface area contributed by atoms with Crippen LogP contribution in [-0.4, -0.2) is 61.4 Å². The molecule has 0 aliphatic rings. The smallest absolute Gasteiger partial charge is 0.302 e. The third-order valence-electron chi connectivity index (χ3n) is 2.23. The summed E-state index contributed by atoms with van der Waals surface area (Å²) in [4.78, 5) is 27.2. The average Bonchev–Trinajstić information content (AvgIpc) is 2.33. The molecule has 19 heavy (non-hydrogen) atoms. The normalized spacial score (nSPS) is 9.84. The minimum Gasteiger partial charge on any atom is -0.465 e. The van der Waals surface area contributed by atoms with Gasteiger partial charge in [0.1, 0.15) is 13.2 Å². The highest BCUT2D eigenvalue weighted by molar-refractivity contribution is 7.78. The average molecular weight is 288 g/mol. The van der Waals surface area contributed by atoms with Crippen LogP contribution in [0.15, 0.2) is 4.99 Å². The monoisotopic (exact) mass is 288 g/mol. The number of carbonyl (C=O) groups excluding carboxylic acids is 2. The zero-order valence-electron chi connectivity index (χ0n) is 11.4. The minimum absolute atomic E-state index is 0.301. The first-order valence-corrected chi connectivity index (χ1v) is 6.49. The van der Waals surface area contributed by atoms with Crippen molar-refractivity contribution >= 4 is 29.3 Å². The Morgan fingerprint density at radius 1 is 1.11 bits per heavy atom. The van der Waals surface area contributed by atoms with Crippen molar-refractivity contribution in [1.29, 1.82) is 0 Å². The predicted molar refractivity (Wildman–Crippen MR) is 74.2 cm³/mol. The second-order valence-corrected chi connectivity index (χ2v) is 4.03. The molecular weight excluding hydrogens is 268 g/mol. The Morgan fingerprint density at radius 2 is 1.63 bits per heavy atom. The zero-order valence-corrected chi connectivity index (χ0v) is 12.2. The molecule has 0 N–H and O–H groups in total. The van der Waals surface area contributed by atoms with Crippen molar-refractivity contribution in [2.75, 3.05) is 39.4 Å². The number of carbonyl (C=O) groups is 2. The Labute approximate surface area is 118 Å². The van der Waals surface area contributed by atoms with Crippen LogP contribution in [0, 0.1) is 0 Å². The van der Waals surface area contributed by atoms with Gasteiger partial charge >= 0.3 is 11.9 Å². The predicted octanol–water partition coefficient (Wildman–Crippen LogP) is 0.908. The standard InChI is InChI=1S/C12H20N2O4S/c1-11(15)17-8-6-14(5-3-4-13-10-19)7-9-18-12(2)16/h3-9H2,1-2H3. The molecule has 0 unspecified atom stereocenters. The topological polar surface area (TPSA) is 68.2 Å². The summed E-state index contributed by atoms with van der Waals surface area (Å²) in [6, 6.07) is 0. The molecule has 0 saturated carbocycles. The molecule has 0 aliphatic carbocycles. The summed E-state index contributed by atoms with van der Waals surface area (Å²) in [7, 11) is 0. The van der Waals surface area contributed by atoms with E-state index in [-0.39, 0.29) is 11.9 Å². The summed E-state index contributed by atoms with van der Waals surface area (Å²) in [6.07, 6.45) is 0.823. The molecule has 0 atom stereocenters. The lowest BCUT2D eigenvalue weighted by atomic mass is 10.3. The van der Waals surface area contributed by atoms with Crippen LogP contribution >= 0.6 is 12.2 Å². The Hall–Kier alpha value is -1.30. The summed E-state index contributed by atoms with van der Waals surface area (Å²) in [6.45, 7) is 5.97. The summed E-state index contributed by atoms with van der Waals surface area (Å²) >= 11 is 4.48. The highest BCUT2D eigenvalue weighted by Gasteiger charge is 2.06. The fraction of sp³-hybridized carbons (Fsp3) is 0.750. The molecule has 7 heteroatoms. The molecule has 0 spiro atoms. The maximum Gasteiger partial charge on any atom is 0.302 e. The van der Waals surface area contributed by atoms with Gasteiger partial charge in [0.25, 0.3) is 0 Å². The van der Waals surface area contributed by atoms with E-state index in [1.165, 1.54) is 13.8 Å². The molecule has 0 heterocycles. The third kappa shape index (κ3) is 12.9. The third-order valence-corrected chi connectivity index (χ3v) is 2.36. The SMILES string of the molecule is CC(=O)OCCN(CCCN=C=S)CCOC(C)=O. The van der Waals surface area contributed by atoms with Crippen LogP contribution in [0.5, 0.6) is 0 Å². The molecule has 0 bridgehead atoms. The lowest BCUT2D eigenvalue weighted by Gasteiger charge is -2.21. The van der Waals surface area contributed by atoms with E-state index >= 15 is 0 Å². The van der Waals surface area contributed by atoms with Gasteiger partial charge in [0.05, 0.1) is 11.7 Å². The first-order chi connectivity index (χ1) is 9.06. The van der Waals surface area contributed by atoms with Gasteiger partial charge in [-0.15, -0.1) is 0 Å². The molecule has 0 rings (SSSR count). The highest BCUT2D eigenvalue weighted by Crippen LogP contribution is 1.94. The van der Waals surface area contributed by atoms with Crippen LogP contribution in [0.2, 0.25) is 0 Å². The molecular formula is C12H20N2O4S. The van der Waals surface area contributed by atoms with E-state index < -0.39 is 0 Å². The van der Waals surface area contributed by atoms with Gasteiger partial charge in [0.2, 0.25) is 0 Å². The van der Waals surface area contributed by atoms with Crippen molar-refractivity contribution in [2.45, 2.75) is 20.3 Å². The number of esters is 2. The van der Waals surface area contributed by atoms with Crippen LogP contribution in [0.1, 0.15) is 20.3 Å². The van der Waals surface area contributed by atoms with Gasteiger partial charge in [0.15, 0.2) is 0 Å². The van der Waals surface area contributed by atoms with Gasteiger partial charge in [-0.2, -0.15) is 0 Å². The molecule has 0 radical (unpaired) electrons. The highest BCUT2D eigenvalue weighted by atomic mass is 32.1. The van der Waals surface area contributed by atoms with Crippen LogP contribution in [0.3, 0.4) is 0 Å². The second kappa shape index (κ2) is 11.8. The molecule has 6 nitrogen and oxygen atoms in total. The van der Waals surface area contributed by atoms with E-state index in [0.29, 0.717) is 32.8 Å². The van der Waals surface area contributed by atoms with Gasteiger partial charge in [0, 0.05) is 33.5 Å². The fourth-order valence-electron chi connectivity index (χ4n) is 1.39. The van der Waals surface area contributed by atoms with Crippen molar-refractivity contribution in [3.05, 3.63) is 0 Å². The molecule has 0 amide bonds. The number of rotatable bonds is 10. The van der Waals surface area contributed by atoms with Crippen molar-refractivity contribution in [3.63, 3.8) is 0 Å². The fourth-order valence-corrected chi connectivity index (χ4v) is 1.48. The summed E-state index contributed by atoms with van der Waals surface area (Å²) in [5.74, 6) is -0.601. The van der Waals surface area contributed by atoms with Crippen LogP contribution < -0.4 is 0 Å². The molecule has 0 aliphatic heterocycles. The zero-order chi connectivity index (χ0) is 14.5. The second-order valence-electron chi connectivity index (χ2n) is 3.85. The summed E-state index contributed by atoms with van der Waals surface area (Å²) in [5, 5.41) is 2.31. The lowest BCUT2D eigenvalue weighted by Crippen LogP contribution is -2.33. The Balaban J connectivity index is 3.94. The Morgan fingerprint density at radius 3 is 2.05 bits per heavy atom. The lowest BCUT2D eigenvalue weighted by molar-refractivity contribution is -0.141. The molecule has 0 aromatic heterocycles. The van der Waals surface area contributed by atoms with Crippen LogP contribution in [-0.2, 0) is 19.1 Å². The van der Waals surface area contributed by atoms with Crippen molar-refractivity contribution in [3.8, 4) is 0 Å². The van der Waals surface area contributed by atoms with E-state index in [0.717, 1.165) is 13.0 Å². The molecule has 0 aromatic rings. The summed E-state index contributed by atoms with van der Waals surface area (Å²) in [5.41, 5.74) is 0. The first kappa shape index (κ1) is 17.7. The Bertz CT molecular complexity index is 299. The molecule has 0 fully saturated rings. The number of isothiocyanates is 1. The first-order valence-electron chi connectivity index (χ1n) is 6.09. The number of aliphatic imine (C=N–C) groups is 1. The van der Waals surface area contributed by atoms with E-state index in [1.807, 2.05) is 4.90 Å². The quantitative estimate of drug-likeness (QED) is 0.257. The number of hydrogen-bond donors (Lipinski definition) is 0. The molecule has 0 saturated heterocycles. The van der Waals surface area contributed by atoms with Gasteiger partial charge in [-0.05, 0) is 18.6 Å².